The lowest BCUT2D eigenvalue weighted by atomic mass is 9.93. The molecule has 1 heterocycles. The Morgan fingerprint density at radius 2 is 0.918 bits per heavy atom. The fraction of sp³-hybridized carbons (Fsp3) is 0.0417. The molecule has 49 heavy (non-hydrogen) atoms. The zero-order chi connectivity index (χ0) is 32.6. The van der Waals surface area contributed by atoms with Gasteiger partial charge in [0.2, 0.25) is 0 Å². The molecule has 1 aromatic heterocycles. The van der Waals surface area contributed by atoms with Crippen molar-refractivity contribution in [3.8, 4) is 27.9 Å². The van der Waals surface area contributed by atoms with Crippen LogP contribution in [0.15, 0.2) is 164 Å². The topological polar surface area (TPSA) is 4.93 Å². The molecule has 1 heteroatoms. The number of aryl methyl sites for hydroxylation is 1. The lowest BCUT2D eigenvalue weighted by Crippen LogP contribution is -1.97. The third kappa shape index (κ3) is 4.19. The molecule has 0 atom stereocenters. The van der Waals surface area contributed by atoms with Crippen LogP contribution in [0.3, 0.4) is 0 Å². The van der Waals surface area contributed by atoms with E-state index in [1.807, 2.05) is 0 Å². The van der Waals surface area contributed by atoms with Gasteiger partial charge in [0.05, 0.1) is 5.52 Å². The second-order valence-corrected chi connectivity index (χ2v) is 13.4. The molecular weight excluding hydrogens is 591 g/mol. The largest absolute Gasteiger partial charge is 0.313 e. The van der Waals surface area contributed by atoms with Gasteiger partial charge in [-0.05, 0) is 114 Å². The van der Waals surface area contributed by atoms with Gasteiger partial charge in [0.1, 0.15) is 0 Å². The minimum atomic E-state index is 1.18. The second kappa shape index (κ2) is 10.7. The van der Waals surface area contributed by atoms with Gasteiger partial charge in [0, 0.05) is 22.2 Å². The van der Waals surface area contributed by atoms with Crippen LogP contribution in [-0.4, -0.2) is 4.57 Å². The van der Waals surface area contributed by atoms with Gasteiger partial charge < -0.3 is 4.57 Å². The van der Waals surface area contributed by atoms with E-state index < -0.39 is 0 Å². The Bertz CT molecular complexity index is 2940. The van der Waals surface area contributed by atoms with Crippen LogP contribution in [0.25, 0.3) is 92.7 Å². The molecule has 0 amide bonds. The predicted octanol–water partition coefficient (Wildman–Crippen LogP) is 13.3. The maximum absolute atomic E-state index is 2.47. The van der Waals surface area contributed by atoms with Gasteiger partial charge in [-0.15, -0.1) is 0 Å². The summed E-state index contributed by atoms with van der Waals surface area (Å²) in [6.07, 6.45) is 0. The number of fused-ring (bicyclic) bond motifs is 9. The van der Waals surface area contributed by atoms with Crippen LogP contribution < -0.4 is 0 Å². The van der Waals surface area contributed by atoms with E-state index >= 15 is 0 Å². The number of benzene rings is 9. The normalized spacial score (nSPS) is 11.9. The molecule has 1 nitrogen and oxygen atoms in total. The van der Waals surface area contributed by atoms with E-state index in [2.05, 4.69) is 182 Å². The van der Waals surface area contributed by atoms with Crippen LogP contribution in [0.4, 0.5) is 0 Å². The summed E-state index contributed by atoms with van der Waals surface area (Å²) >= 11 is 0. The summed E-state index contributed by atoms with van der Waals surface area (Å²) in [5.41, 5.74) is 10.1. The van der Waals surface area contributed by atoms with Crippen molar-refractivity contribution in [1.29, 1.82) is 0 Å². The first-order chi connectivity index (χ1) is 24.1. The molecule has 0 saturated carbocycles. The first-order valence-electron chi connectivity index (χ1n) is 17.1. The molecule has 10 aromatic rings. The summed E-state index contributed by atoms with van der Waals surface area (Å²) in [5, 5.41) is 14.1. The summed E-state index contributed by atoms with van der Waals surface area (Å²) in [6.45, 7) is 4.51. The first kappa shape index (κ1) is 27.9. The fourth-order valence-electron chi connectivity index (χ4n) is 8.25. The molecule has 9 aromatic carbocycles. The highest BCUT2D eigenvalue weighted by molar-refractivity contribution is 6.20. The minimum Gasteiger partial charge on any atom is -0.313 e. The van der Waals surface area contributed by atoms with Crippen molar-refractivity contribution < 1.29 is 0 Å². The van der Waals surface area contributed by atoms with Gasteiger partial charge in [-0.25, -0.2) is 0 Å². The molecule has 0 unspecified atom stereocenters. The molecule has 0 aliphatic carbocycles. The number of hydrogen-bond donors (Lipinski definition) is 0. The van der Waals surface area contributed by atoms with Crippen LogP contribution >= 0.6 is 0 Å². The van der Waals surface area contributed by atoms with E-state index in [0.717, 1.165) is 0 Å². The van der Waals surface area contributed by atoms with E-state index in [4.69, 9.17) is 0 Å². The van der Waals surface area contributed by atoms with Gasteiger partial charge in [0.25, 0.3) is 0 Å². The average molecular weight is 624 g/mol. The molecular formula is C48H33N. The van der Waals surface area contributed by atoms with Gasteiger partial charge in [-0.2, -0.15) is 0 Å². The van der Waals surface area contributed by atoms with E-state index in [-0.39, 0.29) is 0 Å². The van der Waals surface area contributed by atoms with Gasteiger partial charge in [-0.3, -0.25) is 0 Å². The highest BCUT2D eigenvalue weighted by Crippen LogP contribution is 2.41. The van der Waals surface area contributed by atoms with Crippen molar-refractivity contribution in [3.05, 3.63) is 175 Å². The summed E-state index contributed by atoms with van der Waals surface area (Å²) in [4.78, 5) is 0. The van der Waals surface area contributed by atoms with E-state index in [1.54, 1.807) is 0 Å². The van der Waals surface area contributed by atoms with Crippen LogP contribution in [0.1, 0.15) is 11.3 Å². The Morgan fingerprint density at radius 1 is 0.347 bits per heavy atom. The molecule has 0 radical (unpaired) electrons. The molecule has 0 aliphatic heterocycles. The Labute approximate surface area is 285 Å². The highest BCUT2D eigenvalue weighted by Gasteiger charge is 2.18. The van der Waals surface area contributed by atoms with Crippen LogP contribution in [0, 0.1) is 13.8 Å². The summed E-state index contributed by atoms with van der Waals surface area (Å²) < 4.78 is 2.47. The van der Waals surface area contributed by atoms with Crippen molar-refractivity contribution in [2.45, 2.75) is 13.8 Å². The monoisotopic (exact) mass is 623 g/mol. The third-order valence-corrected chi connectivity index (χ3v) is 10.8. The number of aromatic nitrogens is 1. The lowest BCUT2D eigenvalue weighted by Gasteiger charge is -2.15. The Hall–Kier alpha value is -6.18. The number of nitrogens with zero attached hydrogens (tertiary/aromatic N) is 1. The van der Waals surface area contributed by atoms with Gasteiger partial charge in [0.15, 0.2) is 0 Å². The van der Waals surface area contributed by atoms with Crippen molar-refractivity contribution in [2.24, 2.45) is 0 Å². The van der Waals surface area contributed by atoms with Crippen LogP contribution in [0.5, 0.6) is 0 Å². The molecule has 10 rings (SSSR count). The standard InChI is InChI=1S/C48H33N/c1-30-31(2)49(37-22-20-33(21-23-37)47-29-35-12-5-6-13-39(35)41-14-7-8-15-43(41)47)48-38(30)24-25-45-42-17-9-16-40(44(42)26-27-46(45)48)36-19-18-32-10-3-4-11-34(32)28-36/h3-29H,1-2H3. The number of hydrogen-bond acceptors (Lipinski definition) is 0. The summed E-state index contributed by atoms with van der Waals surface area (Å²) in [7, 11) is 0. The van der Waals surface area contributed by atoms with Crippen LogP contribution in [0.2, 0.25) is 0 Å². The molecule has 0 aliphatic rings. The van der Waals surface area contributed by atoms with Gasteiger partial charge in [-0.1, -0.05) is 140 Å². The Morgan fingerprint density at radius 3 is 1.76 bits per heavy atom. The van der Waals surface area contributed by atoms with Crippen molar-refractivity contribution in [2.75, 3.05) is 0 Å². The maximum atomic E-state index is 2.47. The SMILES string of the molecule is Cc1c(C)n(-c2ccc(-c3cc4ccccc4c4ccccc34)cc2)c2c1ccc1c3cccc(-c4ccc5ccccc5c4)c3ccc12. The van der Waals surface area contributed by atoms with E-state index in [0.29, 0.717) is 0 Å². The lowest BCUT2D eigenvalue weighted by molar-refractivity contribution is 1.04. The first-order valence-corrected chi connectivity index (χ1v) is 17.1. The maximum Gasteiger partial charge on any atom is 0.0612 e. The molecule has 0 bridgehead atoms. The van der Waals surface area contributed by atoms with Crippen molar-refractivity contribution >= 4 is 64.8 Å². The fourth-order valence-corrected chi connectivity index (χ4v) is 8.25. The predicted molar refractivity (Wildman–Crippen MR) is 211 cm³/mol. The average Bonchev–Trinajstić information content (AvgIpc) is 3.43. The van der Waals surface area contributed by atoms with E-state index in [9.17, 15) is 0 Å². The van der Waals surface area contributed by atoms with Crippen molar-refractivity contribution in [1.82, 2.24) is 4.57 Å². The second-order valence-electron chi connectivity index (χ2n) is 13.4. The van der Waals surface area contributed by atoms with Crippen molar-refractivity contribution in [3.63, 3.8) is 0 Å². The summed E-state index contributed by atoms with van der Waals surface area (Å²) in [5.74, 6) is 0. The van der Waals surface area contributed by atoms with Crippen LogP contribution in [-0.2, 0) is 0 Å². The Kier molecular flexibility index (Phi) is 6.07. The van der Waals surface area contributed by atoms with E-state index in [1.165, 1.54) is 104 Å². The zero-order valence-corrected chi connectivity index (χ0v) is 27.5. The molecule has 0 saturated heterocycles. The molecule has 0 fully saturated rings. The zero-order valence-electron chi connectivity index (χ0n) is 27.5. The molecule has 0 spiro atoms. The molecule has 0 N–H and O–H groups in total. The smallest absolute Gasteiger partial charge is 0.0612 e. The minimum absolute atomic E-state index is 1.18. The highest BCUT2D eigenvalue weighted by atomic mass is 15.0. The summed E-state index contributed by atoms with van der Waals surface area (Å²) in [6, 6.07) is 60.5. The van der Waals surface area contributed by atoms with Gasteiger partial charge >= 0.3 is 0 Å². The molecule has 230 valence electrons. The third-order valence-electron chi connectivity index (χ3n) is 10.8. The quantitative estimate of drug-likeness (QED) is 0.173. The number of rotatable bonds is 3. The Balaban J connectivity index is 1.15.